The molecule has 4 heteroatoms. The normalized spacial score (nSPS) is 12.6. The fourth-order valence-corrected chi connectivity index (χ4v) is 2.20. The van der Waals surface area contributed by atoms with Crippen molar-refractivity contribution in [3.8, 4) is 0 Å². The summed E-state index contributed by atoms with van der Waals surface area (Å²) in [7, 11) is 0. The van der Waals surface area contributed by atoms with E-state index in [0.29, 0.717) is 0 Å². The standard InChI is InChI=1S/C12H15N3S/c1-9-7-15-12(16-9)8-14-10(2)11-5-3-4-6-13-11/h3-7,10,14H,8H2,1-2H3. The van der Waals surface area contributed by atoms with Gasteiger partial charge >= 0.3 is 0 Å². The lowest BCUT2D eigenvalue weighted by molar-refractivity contribution is 0.560. The van der Waals surface area contributed by atoms with E-state index in [1.807, 2.05) is 30.6 Å². The molecule has 2 aromatic heterocycles. The van der Waals surface area contributed by atoms with Crippen molar-refractivity contribution in [2.75, 3.05) is 0 Å². The smallest absolute Gasteiger partial charge is 0.107 e. The van der Waals surface area contributed by atoms with Gasteiger partial charge in [-0.1, -0.05) is 6.07 Å². The van der Waals surface area contributed by atoms with Crippen LogP contribution in [0.15, 0.2) is 30.6 Å². The van der Waals surface area contributed by atoms with E-state index in [2.05, 4.69) is 29.1 Å². The molecule has 0 bridgehead atoms. The van der Waals surface area contributed by atoms with Gasteiger partial charge in [-0.15, -0.1) is 11.3 Å². The van der Waals surface area contributed by atoms with Crippen LogP contribution in [-0.4, -0.2) is 9.97 Å². The maximum atomic E-state index is 4.32. The minimum Gasteiger partial charge on any atom is -0.302 e. The zero-order chi connectivity index (χ0) is 11.4. The van der Waals surface area contributed by atoms with E-state index in [0.717, 1.165) is 17.2 Å². The minimum absolute atomic E-state index is 0.255. The van der Waals surface area contributed by atoms with Crippen molar-refractivity contribution in [2.24, 2.45) is 0 Å². The first-order valence-corrected chi connectivity index (χ1v) is 6.13. The van der Waals surface area contributed by atoms with Gasteiger partial charge in [0, 0.05) is 29.9 Å². The van der Waals surface area contributed by atoms with Crippen LogP contribution >= 0.6 is 11.3 Å². The summed E-state index contributed by atoms with van der Waals surface area (Å²) < 4.78 is 0. The van der Waals surface area contributed by atoms with Gasteiger partial charge in [-0.05, 0) is 26.0 Å². The maximum absolute atomic E-state index is 4.32. The second-order valence-electron chi connectivity index (χ2n) is 3.72. The number of aryl methyl sites for hydroxylation is 1. The van der Waals surface area contributed by atoms with E-state index in [-0.39, 0.29) is 6.04 Å². The fraction of sp³-hybridized carbons (Fsp3) is 0.333. The Morgan fingerprint density at radius 1 is 1.38 bits per heavy atom. The average molecular weight is 233 g/mol. The monoisotopic (exact) mass is 233 g/mol. The second-order valence-corrected chi connectivity index (χ2v) is 5.04. The van der Waals surface area contributed by atoms with Gasteiger partial charge in [-0.25, -0.2) is 4.98 Å². The molecular formula is C12H15N3S. The van der Waals surface area contributed by atoms with E-state index in [1.165, 1.54) is 4.88 Å². The Labute approximate surface area is 99.6 Å². The molecule has 0 aromatic carbocycles. The molecule has 16 heavy (non-hydrogen) atoms. The Morgan fingerprint density at radius 3 is 2.88 bits per heavy atom. The van der Waals surface area contributed by atoms with Gasteiger partial charge in [0.25, 0.3) is 0 Å². The molecule has 0 fully saturated rings. The molecule has 3 nitrogen and oxygen atoms in total. The van der Waals surface area contributed by atoms with Crippen LogP contribution in [0.4, 0.5) is 0 Å². The quantitative estimate of drug-likeness (QED) is 0.882. The Morgan fingerprint density at radius 2 is 2.25 bits per heavy atom. The summed E-state index contributed by atoms with van der Waals surface area (Å²) in [6.45, 7) is 4.99. The van der Waals surface area contributed by atoms with Gasteiger partial charge in [-0.2, -0.15) is 0 Å². The van der Waals surface area contributed by atoms with E-state index < -0.39 is 0 Å². The van der Waals surface area contributed by atoms with Gasteiger partial charge in [-0.3, -0.25) is 4.98 Å². The highest BCUT2D eigenvalue weighted by atomic mass is 32.1. The van der Waals surface area contributed by atoms with Gasteiger partial charge in [0.15, 0.2) is 0 Å². The highest BCUT2D eigenvalue weighted by molar-refractivity contribution is 7.11. The molecular weight excluding hydrogens is 218 g/mol. The molecule has 2 rings (SSSR count). The lowest BCUT2D eigenvalue weighted by atomic mass is 10.2. The molecule has 0 aliphatic rings. The first-order valence-electron chi connectivity index (χ1n) is 5.31. The molecule has 0 aliphatic heterocycles. The SMILES string of the molecule is Cc1cnc(CNC(C)c2ccccn2)s1. The lowest BCUT2D eigenvalue weighted by Crippen LogP contribution is -2.18. The van der Waals surface area contributed by atoms with Crippen LogP contribution in [0.25, 0.3) is 0 Å². The van der Waals surface area contributed by atoms with Gasteiger partial charge in [0.1, 0.15) is 5.01 Å². The van der Waals surface area contributed by atoms with Crippen molar-refractivity contribution in [1.82, 2.24) is 15.3 Å². The zero-order valence-corrected chi connectivity index (χ0v) is 10.3. The summed E-state index contributed by atoms with van der Waals surface area (Å²) in [5.41, 5.74) is 1.07. The molecule has 0 saturated carbocycles. The predicted molar refractivity (Wildman–Crippen MR) is 66.3 cm³/mol. The highest BCUT2D eigenvalue weighted by Crippen LogP contribution is 2.13. The zero-order valence-electron chi connectivity index (χ0n) is 9.47. The van der Waals surface area contributed by atoms with Crippen LogP contribution < -0.4 is 5.32 Å². The van der Waals surface area contributed by atoms with Crippen LogP contribution in [0, 0.1) is 6.92 Å². The van der Waals surface area contributed by atoms with Crippen LogP contribution in [-0.2, 0) is 6.54 Å². The molecule has 0 spiro atoms. The van der Waals surface area contributed by atoms with Crippen LogP contribution in [0.3, 0.4) is 0 Å². The molecule has 1 N–H and O–H groups in total. The van der Waals surface area contributed by atoms with Gasteiger partial charge in [0.2, 0.25) is 0 Å². The van der Waals surface area contributed by atoms with Gasteiger partial charge in [0.05, 0.1) is 5.69 Å². The van der Waals surface area contributed by atoms with Crippen molar-refractivity contribution in [1.29, 1.82) is 0 Å². The number of nitrogens with zero attached hydrogens (tertiary/aromatic N) is 2. The molecule has 0 amide bonds. The van der Waals surface area contributed by atoms with Crippen molar-refractivity contribution in [2.45, 2.75) is 26.4 Å². The van der Waals surface area contributed by atoms with Crippen LogP contribution in [0.5, 0.6) is 0 Å². The van der Waals surface area contributed by atoms with Crippen LogP contribution in [0.1, 0.15) is 28.5 Å². The Kier molecular flexibility index (Phi) is 3.64. The summed E-state index contributed by atoms with van der Waals surface area (Å²) in [6, 6.07) is 6.23. The first-order chi connectivity index (χ1) is 7.75. The number of hydrogen-bond donors (Lipinski definition) is 1. The van der Waals surface area contributed by atoms with Gasteiger partial charge < -0.3 is 5.32 Å². The molecule has 0 radical (unpaired) electrons. The Hall–Kier alpha value is -1.26. The first kappa shape index (κ1) is 11.2. The third-order valence-corrected chi connectivity index (χ3v) is 3.27. The average Bonchev–Trinajstić information content (AvgIpc) is 2.73. The van der Waals surface area contributed by atoms with Crippen molar-refractivity contribution in [3.05, 3.63) is 46.2 Å². The number of aromatic nitrogens is 2. The van der Waals surface area contributed by atoms with Crippen molar-refractivity contribution < 1.29 is 0 Å². The molecule has 0 aliphatic carbocycles. The Balaban J connectivity index is 1.91. The molecule has 2 aromatic rings. The van der Waals surface area contributed by atoms with Crippen LogP contribution in [0.2, 0.25) is 0 Å². The third kappa shape index (κ3) is 2.87. The van der Waals surface area contributed by atoms with E-state index >= 15 is 0 Å². The second kappa shape index (κ2) is 5.18. The molecule has 1 atom stereocenters. The minimum atomic E-state index is 0.255. The number of pyridine rings is 1. The Bertz CT molecular complexity index is 439. The maximum Gasteiger partial charge on any atom is 0.107 e. The van der Waals surface area contributed by atoms with Crippen molar-refractivity contribution in [3.63, 3.8) is 0 Å². The number of rotatable bonds is 4. The number of thiazole rings is 1. The van der Waals surface area contributed by atoms with Crippen molar-refractivity contribution >= 4 is 11.3 Å². The summed E-state index contributed by atoms with van der Waals surface area (Å²) >= 11 is 1.73. The van der Waals surface area contributed by atoms with E-state index in [1.54, 1.807) is 11.3 Å². The molecule has 1 unspecified atom stereocenters. The molecule has 2 heterocycles. The predicted octanol–water partition coefficient (Wildman–Crippen LogP) is 2.70. The number of hydrogen-bond acceptors (Lipinski definition) is 4. The molecule has 84 valence electrons. The largest absolute Gasteiger partial charge is 0.302 e. The summed E-state index contributed by atoms with van der Waals surface area (Å²) in [6.07, 6.45) is 3.73. The van der Waals surface area contributed by atoms with E-state index in [4.69, 9.17) is 0 Å². The topological polar surface area (TPSA) is 37.8 Å². The summed E-state index contributed by atoms with van der Waals surface area (Å²) in [5, 5.41) is 4.54. The fourth-order valence-electron chi connectivity index (χ4n) is 1.46. The molecule has 0 saturated heterocycles. The lowest BCUT2D eigenvalue weighted by Gasteiger charge is -2.11. The summed E-state index contributed by atoms with van der Waals surface area (Å²) in [4.78, 5) is 9.89. The third-order valence-electron chi connectivity index (χ3n) is 2.36. The highest BCUT2D eigenvalue weighted by Gasteiger charge is 2.06. The summed E-state index contributed by atoms with van der Waals surface area (Å²) in [5.74, 6) is 0. The van der Waals surface area contributed by atoms with E-state index in [9.17, 15) is 0 Å². The number of nitrogens with one attached hydrogen (secondary N) is 1.